The van der Waals surface area contributed by atoms with E-state index in [4.69, 9.17) is 5.73 Å². The molecule has 1 aliphatic rings. The van der Waals surface area contributed by atoms with Crippen molar-refractivity contribution >= 4 is 27.2 Å². The van der Waals surface area contributed by atoms with Crippen LogP contribution in [0.3, 0.4) is 0 Å². The molecule has 1 saturated carbocycles. The van der Waals surface area contributed by atoms with E-state index in [1.807, 2.05) is 0 Å². The molecule has 4 rings (SSSR count). The minimum atomic E-state index is -3.46. The first kappa shape index (κ1) is 23.4. The van der Waals surface area contributed by atoms with Gasteiger partial charge in [-0.1, -0.05) is 12.8 Å². The molecule has 0 bridgehead atoms. The van der Waals surface area contributed by atoms with Crippen molar-refractivity contribution in [2.45, 2.75) is 43.0 Å². The molecule has 0 spiro atoms. The number of rotatable bonds is 8. The summed E-state index contributed by atoms with van der Waals surface area (Å²) >= 11 is 0. The van der Waals surface area contributed by atoms with E-state index in [-0.39, 0.29) is 34.0 Å². The van der Waals surface area contributed by atoms with Crippen LogP contribution in [0.5, 0.6) is 0 Å². The van der Waals surface area contributed by atoms with E-state index in [1.54, 1.807) is 47.5 Å². The molecule has 10 heteroatoms. The van der Waals surface area contributed by atoms with Gasteiger partial charge in [-0.3, -0.25) is 14.5 Å². The van der Waals surface area contributed by atoms with E-state index >= 15 is 0 Å². The maximum Gasteiger partial charge on any atom is 0.254 e. The van der Waals surface area contributed by atoms with Crippen molar-refractivity contribution < 1.29 is 13.2 Å². The summed E-state index contributed by atoms with van der Waals surface area (Å²) in [6.07, 6.45) is 8.86. The van der Waals surface area contributed by atoms with Crippen molar-refractivity contribution in [3.05, 3.63) is 66.1 Å². The van der Waals surface area contributed by atoms with Crippen LogP contribution in [-0.4, -0.2) is 34.8 Å². The Balaban J connectivity index is 1.50. The SMILES string of the molecule is N#C[C@H]1CCCC[C@@H]1n1cc(C(N)=O)c(Nc2ccc(S(=O)(=O)CCc3ccncc3)cc2)n1. The van der Waals surface area contributed by atoms with Crippen LogP contribution in [0.1, 0.15) is 47.6 Å². The first-order valence-corrected chi connectivity index (χ1v) is 12.8. The van der Waals surface area contributed by atoms with Crippen molar-refractivity contribution in [1.29, 1.82) is 5.26 Å². The molecule has 34 heavy (non-hydrogen) atoms. The molecule has 3 N–H and O–H groups in total. The Morgan fingerprint density at radius 3 is 2.53 bits per heavy atom. The Hall–Kier alpha value is -3.71. The predicted molar refractivity (Wildman–Crippen MR) is 127 cm³/mol. The van der Waals surface area contributed by atoms with Gasteiger partial charge in [-0.05, 0) is 61.2 Å². The third-order valence-electron chi connectivity index (χ3n) is 6.12. The lowest BCUT2D eigenvalue weighted by Crippen LogP contribution is -2.22. The van der Waals surface area contributed by atoms with Gasteiger partial charge in [-0.25, -0.2) is 8.42 Å². The van der Waals surface area contributed by atoms with Gasteiger partial charge < -0.3 is 11.1 Å². The summed E-state index contributed by atoms with van der Waals surface area (Å²) < 4.78 is 27.1. The molecule has 2 aromatic heterocycles. The highest BCUT2D eigenvalue weighted by atomic mass is 32.2. The van der Waals surface area contributed by atoms with Crippen LogP contribution < -0.4 is 11.1 Å². The number of benzene rings is 1. The summed E-state index contributed by atoms with van der Waals surface area (Å²) in [5.41, 5.74) is 7.26. The molecule has 0 saturated heterocycles. The van der Waals surface area contributed by atoms with Crippen molar-refractivity contribution in [2.75, 3.05) is 11.1 Å². The van der Waals surface area contributed by atoms with Gasteiger partial charge >= 0.3 is 0 Å². The second kappa shape index (κ2) is 10.1. The number of aromatic nitrogens is 3. The molecule has 2 heterocycles. The Bertz CT molecular complexity index is 1300. The van der Waals surface area contributed by atoms with Gasteiger partial charge in [0.25, 0.3) is 5.91 Å². The second-order valence-corrected chi connectivity index (χ2v) is 10.5. The van der Waals surface area contributed by atoms with E-state index in [0.717, 1.165) is 31.2 Å². The van der Waals surface area contributed by atoms with E-state index in [1.165, 1.54) is 12.1 Å². The molecule has 3 aromatic rings. The number of primary amides is 1. The molecular weight excluding hydrogens is 452 g/mol. The molecule has 1 aromatic carbocycles. The van der Waals surface area contributed by atoms with E-state index in [0.29, 0.717) is 12.1 Å². The fraction of sp³-hybridized carbons (Fsp3) is 0.333. The summed E-state index contributed by atoms with van der Waals surface area (Å²) in [5.74, 6) is -0.531. The number of nitriles is 1. The Labute approximate surface area is 198 Å². The monoisotopic (exact) mass is 478 g/mol. The summed E-state index contributed by atoms with van der Waals surface area (Å²) in [5, 5.41) is 17.1. The quantitative estimate of drug-likeness (QED) is 0.505. The number of hydrogen-bond donors (Lipinski definition) is 2. The average molecular weight is 479 g/mol. The van der Waals surface area contributed by atoms with Crippen LogP contribution in [-0.2, 0) is 16.3 Å². The molecule has 0 aliphatic heterocycles. The van der Waals surface area contributed by atoms with Gasteiger partial charge in [-0.2, -0.15) is 10.4 Å². The molecule has 2 atom stereocenters. The van der Waals surface area contributed by atoms with E-state index in [9.17, 15) is 18.5 Å². The summed E-state index contributed by atoms with van der Waals surface area (Å²) in [7, 11) is -3.46. The minimum absolute atomic E-state index is 0.0124. The van der Waals surface area contributed by atoms with Crippen molar-refractivity contribution in [3.63, 3.8) is 0 Å². The van der Waals surface area contributed by atoms with E-state index in [2.05, 4.69) is 21.5 Å². The maximum absolute atomic E-state index is 12.7. The lowest BCUT2D eigenvalue weighted by atomic mass is 9.85. The third kappa shape index (κ3) is 5.26. The smallest absolute Gasteiger partial charge is 0.254 e. The number of sulfone groups is 1. The van der Waals surface area contributed by atoms with Gasteiger partial charge in [0.05, 0.1) is 28.7 Å². The number of nitrogens with two attached hydrogens (primary N) is 1. The Kier molecular flexibility index (Phi) is 6.93. The lowest BCUT2D eigenvalue weighted by Gasteiger charge is -2.26. The largest absolute Gasteiger partial charge is 0.365 e. The number of carbonyl (C=O) groups is 1. The van der Waals surface area contributed by atoms with Gasteiger partial charge in [-0.15, -0.1) is 0 Å². The fourth-order valence-corrected chi connectivity index (χ4v) is 5.51. The topological polar surface area (TPSA) is 144 Å². The molecular formula is C24H26N6O3S. The first-order valence-electron chi connectivity index (χ1n) is 11.1. The van der Waals surface area contributed by atoms with Gasteiger partial charge in [0.15, 0.2) is 15.7 Å². The normalized spacial score (nSPS) is 18.2. The highest BCUT2D eigenvalue weighted by molar-refractivity contribution is 7.91. The van der Waals surface area contributed by atoms with E-state index < -0.39 is 15.7 Å². The van der Waals surface area contributed by atoms with Crippen LogP contribution in [0.15, 0.2) is 59.9 Å². The number of hydrogen-bond acceptors (Lipinski definition) is 7. The number of aryl methyl sites for hydroxylation is 1. The highest BCUT2D eigenvalue weighted by Gasteiger charge is 2.29. The number of anilines is 2. The molecule has 1 fully saturated rings. The van der Waals surface area contributed by atoms with Crippen molar-refractivity contribution in [3.8, 4) is 6.07 Å². The minimum Gasteiger partial charge on any atom is -0.365 e. The maximum atomic E-state index is 12.7. The zero-order valence-electron chi connectivity index (χ0n) is 18.6. The Morgan fingerprint density at radius 1 is 1.15 bits per heavy atom. The van der Waals surface area contributed by atoms with Gasteiger partial charge in [0.1, 0.15) is 5.56 Å². The van der Waals surface area contributed by atoms with Crippen LogP contribution in [0, 0.1) is 17.2 Å². The summed E-state index contributed by atoms with van der Waals surface area (Å²) in [6, 6.07) is 12.1. The predicted octanol–water partition coefficient (Wildman–Crippen LogP) is 3.39. The molecule has 1 aliphatic carbocycles. The Morgan fingerprint density at radius 2 is 1.85 bits per heavy atom. The third-order valence-corrected chi connectivity index (χ3v) is 7.85. The summed E-state index contributed by atoms with van der Waals surface area (Å²) in [6.45, 7) is 0. The van der Waals surface area contributed by atoms with Gasteiger partial charge in [0.2, 0.25) is 0 Å². The lowest BCUT2D eigenvalue weighted by molar-refractivity contribution is 0.100. The van der Waals surface area contributed by atoms with Crippen molar-refractivity contribution in [1.82, 2.24) is 14.8 Å². The van der Waals surface area contributed by atoms with Crippen LogP contribution in [0.4, 0.5) is 11.5 Å². The zero-order chi connectivity index (χ0) is 24.1. The van der Waals surface area contributed by atoms with Crippen LogP contribution >= 0.6 is 0 Å². The molecule has 1 amide bonds. The zero-order valence-corrected chi connectivity index (χ0v) is 19.4. The second-order valence-electron chi connectivity index (χ2n) is 8.40. The van der Waals surface area contributed by atoms with Crippen LogP contribution in [0.2, 0.25) is 0 Å². The number of amides is 1. The molecule has 0 radical (unpaired) electrons. The fourth-order valence-electron chi connectivity index (χ4n) is 4.21. The highest BCUT2D eigenvalue weighted by Crippen LogP contribution is 2.34. The van der Waals surface area contributed by atoms with Crippen LogP contribution in [0.25, 0.3) is 0 Å². The molecule has 0 unspecified atom stereocenters. The average Bonchev–Trinajstić information content (AvgIpc) is 3.28. The summed E-state index contributed by atoms with van der Waals surface area (Å²) in [4.78, 5) is 16.2. The number of pyridine rings is 1. The number of nitrogens with one attached hydrogen (secondary N) is 1. The van der Waals surface area contributed by atoms with Gasteiger partial charge in [0, 0.05) is 24.3 Å². The van der Waals surface area contributed by atoms with Crippen molar-refractivity contribution in [2.24, 2.45) is 11.7 Å². The molecule has 176 valence electrons. The standard InChI is InChI=1S/C24H26N6O3S/c25-15-18-3-1-2-4-22(18)30-16-21(23(26)31)24(29-30)28-19-5-7-20(8-6-19)34(32,33)14-11-17-9-12-27-13-10-17/h5-10,12-13,16,18,22H,1-4,11,14H2,(H2,26,31)(H,28,29)/t18-,22+/m1/s1. The molecule has 9 nitrogen and oxygen atoms in total. The number of nitrogens with zero attached hydrogens (tertiary/aromatic N) is 4. The number of carbonyl (C=O) groups excluding carboxylic acids is 1. The first-order chi connectivity index (χ1) is 16.4.